The average Bonchev–Trinajstić information content (AvgIpc) is 2.53. The van der Waals surface area contributed by atoms with Crippen molar-refractivity contribution < 1.29 is 20.3 Å². The van der Waals surface area contributed by atoms with Crippen molar-refractivity contribution in [2.24, 2.45) is 0 Å². The zero-order valence-electron chi connectivity index (χ0n) is 13.3. The van der Waals surface area contributed by atoms with Crippen molar-refractivity contribution in [3.63, 3.8) is 0 Å². The number of benzene rings is 2. The number of hydrogen-bond acceptors (Lipinski definition) is 4. The summed E-state index contributed by atoms with van der Waals surface area (Å²) in [4.78, 5) is 9.16. The van der Waals surface area contributed by atoms with Gasteiger partial charge in [0.05, 0.1) is 0 Å². The largest absolute Gasteiger partial charge is 0.336 e. The molecule has 0 radical (unpaired) electrons. The highest BCUT2D eigenvalue weighted by Gasteiger charge is 2.25. The molecule has 0 heterocycles. The molecule has 2 N–H and O–H groups in total. The Labute approximate surface area is 130 Å². The third kappa shape index (κ3) is 2.93. The van der Waals surface area contributed by atoms with E-state index in [0.717, 1.165) is 16.7 Å². The summed E-state index contributed by atoms with van der Waals surface area (Å²) < 4.78 is 0. The van der Waals surface area contributed by atoms with E-state index in [1.54, 1.807) is 0 Å². The normalized spacial score (nSPS) is 11.1. The molecular weight excluding hydrogens is 280 g/mol. The summed E-state index contributed by atoms with van der Waals surface area (Å²) in [7, 11) is 0. The Morgan fingerprint density at radius 3 is 1.86 bits per heavy atom. The van der Waals surface area contributed by atoms with Crippen molar-refractivity contribution in [3.05, 3.63) is 47.5 Å². The Balaban J connectivity index is 2.82. The van der Waals surface area contributed by atoms with E-state index in [2.05, 4.69) is 23.6 Å². The smallest absolute Gasteiger partial charge is 0.219 e. The quantitative estimate of drug-likeness (QED) is 0.581. The predicted octanol–water partition coefficient (Wildman–Crippen LogP) is 5.30. The van der Waals surface area contributed by atoms with Crippen LogP contribution in [0.4, 0.5) is 0 Å². The van der Waals surface area contributed by atoms with Gasteiger partial charge in [0.25, 0.3) is 0 Å². The van der Waals surface area contributed by atoms with Crippen molar-refractivity contribution in [1.29, 1.82) is 0 Å². The van der Waals surface area contributed by atoms with Crippen LogP contribution >= 0.6 is 0 Å². The van der Waals surface area contributed by atoms with Gasteiger partial charge in [0, 0.05) is 11.1 Å². The summed E-state index contributed by atoms with van der Waals surface area (Å²) in [5, 5.41) is 18.7. The highest BCUT2D eigenvalue weighted by atomic mass is 17.1. The van der Waals surface area contributed by atoms with E-state index in [0.29, 0.717) is 5.56 Å². The summed E-state index contributed by atoms with van der Waals surface area (Å²) in [5.41, 5.74) is 3.45. The molecule has 0 aromatic heterocycles. The molecule has 0 saturated heterocycles. The molecule has 2 aromatic rings. The molecule has 22 heavy (non-hydrogen) atoms. The van der Waals surface area contributed by atoms with Crippen LogP contribution in [0.15, 0.2) is 36.4 Å². The Morgan fingerprint density at radius 2 is 1.41 bits per heavy atom. The van der Waals surface area contributed by atoms with Crippen LogP contribution in [0.3, 0.4) is 0 Å². The minimum absolute atomic E-state index is 0.110. The van der Waals surface area contributed by atoms with E-state index in [4.69, 9.17) is 0 Å². The molecule has 4 nitrogen and oxygen atoms in total. The van der Waals surface area contributed by atoms with Crippen molar-refractivity contribution in [3.8, 4) is 22.6 Å². The monoisotopic (exact) mass is 302 g/mol. The van der Waals surface area contributed by atoms with Crippen molar-refractivity contribution in [2.45, 2.75) is 39.5 Å². The van der Waals surface area contributed by atoms with Crippen LogP contribution in [0.2, 0.25) is 0 Å². The minimum Gasteiger partial charge on any atom is -0.336 e. The summed E-state index contributed by atoms with van der Waals surface area (Å²) in [6, 6.07) is 11.5. The van der Waals surface area contributed by atoms with Crippen molar-refractivity contribution >= 4 is 0 Å². The van der Waals surface area contributed by atoms with Gasteiger partial charge in [-0.15, -0.1) is 0 Å². The van der Waals surface area contributed by atoms with E-state index in [1.165, 1.54) is 0 Å². The lowest BCUT2D eigenvalue weighted by Gasteiger charge is -2.22. The van der Waals surface area contributed by atoms with Gasteiger partial charge in [0.1, 0.15) is 0 Å². The van der Waals surface area contributed by atoms with Gasteiger partial charge in [-0.2, -0.15) is 0 Å². The van der Waals surface area contributed by atoms with Crippen LogP contribution in [0, 0.1) is 0 Å². The molecule has 0 aliphatic rings. The van der Waals surface area contributed by atoms with Crippen LogP contribution in [0.1, 0.15) is 50.7 Å². The van der Waals surface area contributed by atoms with E-state index < -0.39 is 0 Å². The van der Waals surface area contributed by atoms with E-state index in [-0.39, 0.29) is 23.3 Å². The van der Waals surface area contributed by atoms with Crippen LogP contribution in [0.25, 0.3) is 11.1 Å². The van der Waals surface area contributed by atoms with Crippen LogP contribution in [-0.2, 0) is 0 Å². The van der Waals surface area contributed by atoms with Gasteiger partial charge < -0.3 is 9.78 Å². The molecule has 0 bridgehead atoms. The molecule has 0 spiro atoms. The molecule has 0 amide bonds. The van der Waals surface area contributed by atoms with Gasteiger partial charge in [-0.3, -0.25) is 0 Å². The maximum atomic E-state index is 9.37. The zero-order valence-corrected chi connectivity index (χ0v) is 13.3. The number of rotatable bonds is 5. The molecule has 0 fully saturated rings. The number of hydrogen-bond donors (Lipinski definition) is 2. The molecule has 0 saturated carbocycles. The minimum atomic E-state index is 0.110. The molecule has 2 rings (SSSR count). The maximum absolute atomic E-state index is 9.37. The van der Waals surface area contributed by atoms with E-state index >= 15 is 0 Å². The summed E-state index contributed by atoms with van der Waals surface area (Å²) in [5.74, 6) is 0.643. The first-order valence-electron chi connectivity index (χ1n) is 7.40. The van der Waals surface area contributed by atoms with Gasteiger partial charge in [-0.25, -0.2) is 10.5 Å². The topological polar surface area (TPSA) is 58.9 Å². The summed E-state index contributed by atoms with van der Waals surface area (Å²) >= 11 is 0. The first kappa shape index (κ1) is 16.3. The first-order chi connectivity index (χ1) is 10.5. The second kappa shape index (κ2) is 6.81. The van der Waals surface area contributed by atoms with Crippen molar-refractivity contribution in [1.82, 2.24) is 0 Å². The lowest BCUT2D eigenvalue weighted by molar-refractivity contribution is -0.164. The van der Waals surface area contributed by atoms with Crippen molar-refractivity contribution in [2.75, 3.05) is 0 Å². The SMILES string of the molecule is CC(C)c1cc(-c2ccccc2)c(OO)c(OO)c1C(C)C. The lowest BCUT2D eigenvalue weighted by atomic mass is 9.86. The Hall–Kier alpha value is -2.04. The van der Waals surface area contributed by atoms with Gasteiger partial charge >= 0.3 is 0 Å². The standard InChI is InChI=1S/C18H22O4/c1-11(2)14-10-15(13-8-6-5-7-9-13)17(21-19)18(22-20)16(14)12(3)4/h5-12,19-20H,1-4H3. The second-order valence-electron chi connectivity index (χ2n) is 5.94. The highest BCUT2D eigenvalue weighted by Crippen LogP contribution is 2.46. The first-order valence-corrected chi connectivity index (χ1v) is 7.40. The Morgan fingerprint density at radius 1 is 0.818 bits per heavy atom. The fraction of sp³-hybridized carbons (Fsp3) is 0.333. The van der Waals surface area contributed by atoms with Gasteiger partial charge in [0.15, 0.2) is 0 Å². The Kier molecular flexibility index (Phi) is 5.06. The van der Waals surface area contributed by atoms with Crippen LogP contribution < -0.4 is 9.78 Å². The molecule has 2 aromatic carbocycles. The second-order valence-corrected chi connectivity index (χ2v) is 5.94. The third-order valence-electron chi connectivity index (χ3n) is 3.77. The Bertz CT molecular complexity index is 633. The summed E-state index contributed by atoms with van der Waals surface area (Å²) in [6.45, 7) is 8.17. The fourth-order valence-corrected chi connectivity index (χ4v) is 2.76. The third-order valence-corrected chi connectivity index (χ3v) is 3.77. The molecule has 0 aliphatic heterocycles. The van der Waals surface area contributed by atoms with Crippen LogP contribution in [0.5, 0.6) is 11.5 Å². The average molecular weight is 302 g/mol. The molecular formula is C18H22O4. The molecule has 0 atom stereocenters. The maximum Gasteiger partial charge on any atom is 0.219 e. The lowest BCUT2D eigenvalue weighted by Crippen LogP contribution is -2.06. The summed E-state index contributed by atoms with van der Waals surface area (Å²) in [6.07, 6.45) is 0. The fourth-order valence-electron chi connectivity index (χ4n) is 2.76. The molecule has 118 valence electrons. The molecule has 0 aliphatic carbocycles. The highest BCUT2D eigenvalue weighted by molar-refractivity contribution is 5.77. The van der Waals surface area contributed by atoms with E-state index in [9.17, 15) is 10.5 Å². The van der Waals surface area contributed by atoms with Gasteiger partial charge in [-0.1, -0.05) is 58.0 Å². The zero-order chi connectivity index (χ0) is 16.3. The van der Waals surface area contributed by atoms with Crippen LogP contribution in [-0.4, -0.2) is 10.5 Å². The van der Waals surface area contributed by atoms with E-state index in [1.807, 2.05) is 50.2 Å². The molecule has 0 unspecified atom stereocenters. The van der Waals surface area contributed by atoms with Gasteiger partial charge in [0.2, 0.25) is 11.5 Å². The van der Waals surface area contributed by atoms with Gasteiger partial charge in [-0.05, 0) is 29.0 Å². The molecule has 4 heteroatoms. The predicted molar refractivity (Wildman–Crippen MR) is 86.6 cm³/mol.